The number of rotatable bonds is 1. The summed E-state index contributed by atoms with van der Waals surface area (Å²) >= 11 is 0. The van der Waals surface area contributed by atoms with Gasteiger partial charge in [-0.25, -0.2) is 0 Å². The van der Waals surface area contributed by atoms with E-state index in [0.29, 0.717) is 24.0 Å². The number of carbonyl (C=O) groups excluding carboxylic acids is 2. The van der Waals surface area contributed by atoms with Crippen molar-refractivity contribution >= 4 is 11.6 Å². The van der Waals surface area contributed by atoms with Crippen molar-refractivity contribution in [3.05, 3.63) is 11.6 Å². The number of hydrogen-bond donors (Lipinski definition) is 1. The van der Waals surface area contributed by atoms with Gasteiger partial charge < -0.3 is 5.11 Å². The number of aliphatic hydroxyl groups is 1. The van der Waals surface area contributed by atoms with Gasteiger partial charge in [0.15, 0.2) is 5.78 Å². The minimum atomic E-state index is -0.349. The first-order chi connectivity index (χ1) is 11.3. The fourth-order valence-electron chi connectivity index (χ4n) is 7.35. The smallest absolute Gasteiger partial charge is 0.155 e. The standard InChI is InChI=1S/C21H30O3/c1-12(22)16-6-7-17-15-5-4-13-10-14(23)8-9-20(13,2)19(15)18(24)11-21(16,17)3/h10,15-19,24H,4-9,11H2,1-3H3/t15-,16-,17+,18-,19+,20-,21-/m1/s1. The lowest BCUT2D eigenvalue weighted by atomic mass is 9.46. The lowest BCUT2D eigenvalue weighted by Gasteiger charge is -2.59. The van der Waals surface area contributed by atoms with Crippen LogP contribution in [0.4, 0.5) is 0 Å². The third-order valence-corrected chi connectivity index (χ3v) is 8.38. The largest absolute Gasteiger partial charge is 0.393 e. The summed E-state index contributed by atoms with van der Waals surface area (Å²) in [6.45, 7) is 6.27. The van der Waals surface area contributed by atoms with E-state index in [-0.39, 0.29) is 34.6 Å². The number of allylic oxidation sites excluding steroid dienone is 1. The number of hydrogen-bond acceptors (Lipinski definition) is 3. The molecule has 3 heteroatoms. The minimum Gasteiger partial charge on any atom is -0.393 e. The van der Waals surface area contributed by atoms with Crippen LogP contribution in [0.15, 0.2) is 11.6 Å². The molecule has 1 N–H and O–H groups in total. The van der Waals surface area contributed by atoms with Crippen LogP contribution in [0.5, 0.6) is 0 Å². The Hall–Kier alpha value is -0.960. The molecule has 24 heavy (non-hydrogen) atoms. The molecule has 0 aliphatic heterocycles. The van der Waals surface area contributed by atoms with Crippen molar-refractivity contribution in [3.63, 3.8) is 0 Å². The molecule has 0 aromatic heterocycles. The van der Waals surface area contributed by atoms with Crippen molar-refractivity contribution in [3.8, 4) is 0 Å². The third-order valence-electron chi connectivity index (χ3n) is 8.38. The summed E-state index contributed by atoms with van der Waals surface area (Å²) in [4.78, 5) is 24.0. The van der Waals surface area contributed by atoms with E-state index in [1.807, 2.05) is 6.08 Å². The quantitative estimate of drug-likeness (QED) is 0.797. The van der Waals surface area contributed by atoms with Gasteiger partial charge in [0.1, 0.15) is 5.78 Å². The fraction of sp³-hybridized carbons (Fsp3) is 0.810. The van der Waals surface area contributed by atoms with Gasteiger partial charge in [0.05, 0.1) is 6.10 Å². The average molecular weight is 330 g/mol. The molecule has 0 amide bonds. The molecule has 7 atom stereocenters. The first-order valence-electron chi connectivity index (χ1n) is 9.70. The Kier molecular flexibility index (Phi) is 3.62. The highest BCUT2D eigenvalue weighted by Gasteiger charge is 2.62. The normalized spacial score (nSPS) is 50.6. The molecule has 0 heterocycles. The molecule has 0 bridgehead atoms. The van der Waals surface area contributed by atoms with Crippen LogP contribution in [-0.2, 0) is 9.59 Å². The predicted octanol–water partition coefficient (Wildman–Crippen LogP) is 3.69. The van der Waals surface area contributed by atoms with E-state index in [1.165, 1.54) is 5.57 Å². The molecule has 4 aliphatic rings. The van der Waals surface area contributed by atoms with Gasteiger partial charge in [-0.1, -0.05) is 19.4 Å². The van der Waals surface area contributed by atoms with Gasteiger partial charge in [0, 0.05) is 12.3 Å². The summed E-state index contributed by atoms with van der Waals surface area (Å²) < 4.78 is 0. The zero-order valence-electron chi connectivity index (χ0n) is 15.2. The summed E-state index contributed by atoms with van der Waals surface area (Å²) in [5, 5.41) is 11.2. The van der Waals surface area contributed by atoms with Gasteiger partial charge in [-0.15, -0.1) is 0 Å². The number of carbonyl (C=O) groups is 2. The van der Waals surface area contributed by atoms with Crippen molar-refractivity contribution < 1.29 is 14.7 Å². The van der Waals surface area contributed by atoms with Crippen LogP contribution in [0.2, 0.25) is 0 Å². The van der Waals surface area contributed by atoms with Crippen molar-refractivity contribution in [2.45, 2.75) is 71.8 Å². The summed E-state index contributed by atoms with van der Waals surface area (Å²) in [6, 6.07) is 0. The lowest BCUT2D eigenvalue weighted by molar-refractivity contribution is -0.143. The highest BCUT2D eigenvalue weighted by molar-refractivity contribution is 5.91. The lowest BCUT2D eigenvalue weighted by Crippen LogP contribution is -2.56. The van der Waals surface area contributed by atoms with Crippen LogP contribution in [0.3, 0.4) is 0 Å². The van der Waals surface area contributed by atoms with Crippen LogP contribution in [0.25, 0.3) is 0 Å². The third kappa shape index (κ3) is 2.06. The molecule has 132 valence electrons. The van der Waals surface area contributed by atoms with Gasteiger partial charge in [-0.2, -0.15) is 0 Å². The van der Waals surface area contributed by atoms with Gasteiger partial charge >= 0.3 is 0 Å². The van der Waals surface area contributed by atoms with E-state index in [4.69, 9.17) is 0 Å². The molecule has 0 aromatic carbocycles. The Labute approximate surface area is 144 Å². The molecule has 4 rings (SSSR count). The first kappa shape index (κ1) is 16.5. The number of fused-ring (bicyclic) bond motifs is 5. The van der Waals surface area contributed by atoms with E-state index in [1.54, 1.807) is 6.92 Å². The topological polar surface area (TPSA) is 54.4 Å². The molecule has 3 saturated carbocycles. The fourth-order valence-corrected chi connectivity index (χ4v) is 7.35. The molecule has 0 saturated heterocycles. The molecule has 0 radical (unpaired) electrons. The zero-order chi connectivity index (χ0) is 17.3. The summed E-state index contributed by atoms with van der Waals surface area (Å²) in [5.41, 5.74) is 1.23. The Balaban J connectivity index is 1.72. The molecule has 0 unspecified atom stereocenters. The van der Waals surface area contributed by atoms with Crippen molar-refractivity contribution in [2.75, 3.05) is 0 Å². The van der Waals surface area contributed by atoms with E-state index in [2.05, 4.69) is 13.8 Å². The summed E-state index contributed by atoms with van der Waals surface area (Å²) in [7, 11) is 0. The van der Waals surface area contributed by atoms with Gasteiger partial charge in [-0.05, 0) is 80.1 Å². The van der Waals surface area contributed by atoms with Gasteiger partial charge in [0.25, 0.3) is 0 Å². The SMILES string of the molecule is CC(=O)[C@H]1CC[C@H]2[C@H]3CCC4=CC(=O)CC[C@@]4(C)[C@@H]3[C@H](O)C[C@]12C. The van der Waals surface area contributed by atoms with Crippen molar-refractivity contribution in [1.29, 1.82) is 0 Å². The van der Waals surface area contributed by atoms with Gasteiger partial charge in [0.2, 0.25) is 0 Å². The van der Waals surface area contributed by atoms with Crippen LogP contribution in [0.1, 0.15) is 65.7 Å². The summed E-state index contributed by atoms with van der Waals surface area (Å²) in [6.07, 6.45) is 7.97. The number of ketones is 2. The predicted molar refractivity (Wildman–Crippen MR) is 92.3 cm³/mol. The van der Waals surface area contributed by atoms with E-state index in [0.717, 1.165) is 38.5 Å². The molecule has 0 aromatic rings. The molecule has 4 aliphatic carbocycles. The molecular weight excluding hydrogens is 300 g/mol. The Bertz CT molecular complexity index is 621. The first-order valence-corrected chi connectivity index (χ1v) is 9.70. The van der Waals surface area contributed by atoms with Crippen LogP contribution < -0.4 is 0 Å². The second kappa shape index (κ2) is 5.27. The van der Waals surface area contributed by atoms with E-state index >= 15 is 0 Å². The Morgan fingerprint density at radius 1 is 1.21 bits per heavy atom. The highest BCUT2D eigenvalue weighted by Crippen LogP contribution is 2.66. The second-order valence-electron chi connectivity index (χ2n) is 9.41. The monoisotopic (exact) mass is 330 g/mol. The maximum absolute atomic E-state index is 12.2. The minimum absolute atomic E-state index is 0.0219. The van der Waals surface area contributed by atoms with Crippen molar-refractivity contribution in [2.24, 2.45) is 34.5 Å². The maximum atomic E-state index is 12.2. The van der Waals surface area contributed by atoms with Crippen LogP contribution in [0, 0.1) is 34.5 Å². The molecule has 0 spiro atoms. The maximum Gasteiger partial charge on any atom is 0.155 e. The zero-order valence-corrected chi connectivity index (χ0v) is 15.2. The van der Waals surface area contributed by atoms with Gasteiger partial charge in [-0.3, -0.25) is 9.59 Å². The Morgan fingerprint density at radius 2 is 1.96 bits per heavy atom. The molecular formula is C21H30O3. The average Bonchev–Trinajstić information content (AvgIpc) is 2.84. The Morgan fingerprint density at radius 3 is 2.67 bits per heavy atom. The number of Topliss-reactive ketones (excluding diaryl/α,β-unsaturated/α-hetero) is 1. The molecule has 3 nitrogen and oxygen atoms in total. The number of aliphatic hydroxyl groups excluding tert-OH is 1. The summed E-state index contributed by atoms with van der Waals surface area (Å²) in [5.74, 6) is 1.99. The van der Waals surface area contributed by atoms with E-state index < -0.39 is 0 Å². The van der Waals surface area contributed by atoms with E-state index in [9.17, 15) is 14.7 Å². The molecule has 3 fully saturated rings. The highest BCUT2D eigenvalue weighted by atomic mass is 16.3. The van der Waals surface area contributed by atoms with Crippen LogP contribution >= 0.6 is 0 Å². The van der Waals surface area contributed by atoms with Crippen LogP contribution in [-0.4, -0.2) is 22.8 Å². The second-order valence-corrected chi connectivity index (χ2v) is 9.41. The van der Waals surface area contributed by atoms with Crippen molar-refractivity contribution in [1.82, 2.24) is 0 Å².